The molecule has 2 aromatic carbocycles. The Labute approximate surface area is 151 Å². The maximum absolute atomic E-state index is 12.9. The second-order valence-electron chi connectivity index (χ2n) is 6.80. The lowest BCUT2D eigenvalue weighted by Crippen LogP contribution is -2.24. The van der Waals surface area contributed by atoms with Crippen LogP contribution in [0.1, 0.15) is 34.5 Å². The van der Waals surface area contributed by atoms with Gasteiger partial charge in [0.1, 0.15) is 11.3 Å². The predicted molar refractivity (Wildman–Crippen MR) is 102 cm³/mol. The van der Waals surface area contributed by atoms with Gasteiger partial charge in [-0.1, -0.05) is 18.2 Å². The first kappa shape index (κ1) is 16.4. The Kier molecular flexibility index (Phi) is 3.80. The number of aryl methyl sites for hydroxylation is 1. The van der Waals surface area contributed by atoms with Crippen LogP contribution < -0.4 is 15.5 Å². The highest BCUT2D eigenvalue weighted by Crippen LogP contribution is 2.31. The molecule has 0 unspecified atom stereocenters. The lowest BCUT2D eigenvalue weighted by Gasteiger charge is -2.14. The molecular formula is C21H20N2O3. The van der Waals surface area contributed by atoms with Crippen molar-refractivity contribution >= 4 is 22.5 Å². The van der Waals surface area contributed by atoms with Gasteiger partial charge in [-0.3, -0.25) is 9.59 Å². The first-order valence-corrected chi connectivity index (χ1v) is 8.62. The molecule has 0 saturated carbocycles. The zero-order valence-electron chi connectivity index (χ0n) is 15.0. The van der Waals surface area contributed by atoms with Crippen LogP contribution >= 0.6 is 0 Å². The third kappa shape index (κ3) is 2.47. The van der Waals surface area contributed by atoms with Crippen LogP contribution in [0.25, 0.3) is 10.9 Å². The average Bonchev–Trinajstić information content (AvgIpc) is 2.94. The number of para-hydroxylation sites is 1. The third-order valence-electron chi connectivity index (χ3n) is 4.97. The summed E-state index contributed by atoms with van der Waals surface area (Å²) in [6.45, 7) is 4.03. The Morgan fingerprint density at radius 3 is 2.85 bits per heavy atom. The maximum Gasteiger partial charge on any atom is 0.261 e. The second kappa shape index (κ2) is 6.02. The summed E-state index contributed by atoms with van der Waals surface area (Å²) in [6, 6.07) is 11.5. The number of methoxy groups -OCH3 is 1. The second-order valence-corrected chi connectivity index (χ2v) is 6.80. The molecule has 0 aliphatic carbocycles. The van der Waals surface area contributed by atoms with E-state index in [1.807, 2.05) is 35.8 Å². The van der Waals surface area contributed by atoms with Gasteiger partial charge in [0.2, 0.25) is 5.43 Å². The minimum Gasteiger partial charge on any atom is -0.495 e. The van der Waals surface area contributed by atoms with Crippen molar-refractivity contribution in [2.75, 3.05) is 12.4 Å². The van der Waals surface area contributed by atoms with Gasteiger partial charge in [0.15, 0.2) is 0 Å². The molecule has 5 nitrogen and oxygen atoms in total. The number of rotatable bonds is 3. The summed E-state index contributed by atoms with van der Waals surface area (Å²) in [7, 11) is 1.55. The summed E-state index contributed by atoms with van der Waals surface area (Å²) in [4.78, 5) is 25.8. The van der Waals surface area contributed by atoms with Gasteiger partial charge in [-0.05, 0) is 49.6 Å². The summed E-state index contributed by atoms with van der Waals surface area (Å²) >= 11 is 0. The molecule has 1 aliphatic rings. The van der Waals surface area contributed by atoms with Crippen molar-refractivity contribution in [2.24, 2.45) is 0 Å². The van der Waals surface area contributed by atoms with Gasteiger partial charge in [0.05, 0.1) is 18.3 Å². The van der Waals surface area contributed by atoms with Crippen LogP contribution in [0.15, 0.2) is 47.4 Å². The fourth-order valence-corrected chi connectivity index (χ4v) is 3.69. The van der Waals surface area contributed by atoms with Gasteiger partial charge in [-0.2, -0.15) is 0 Å². The van der Waals surface area contributed by atoms with E-state index in [1.165, 1.54) is 0 Å². The lowest BCUT2D eigenvalue weighted by molar-refractivity contribution is 0.102. The van der Waals surface area contributed by atoms with E-state index in [4.69, 9.17) is 4.74 Å². The summed E-state index contributed by atoms with van der Waals surface area (Å²) in [5.74, 6) is 0.138. The number of amides is 1. The Morgan fingerprint density at radius 1 is 1.27 bits per heavy atom. The molecular weight excluding hydrogens is 328 g/mol. The first-order chi connectivity index (χ1) is 12.5. The van der Waals surface area contributed by atoms with Gasteiger partial charge in [0, 0.05) is 17.6 Å². The van der Waals surface area contributed by atoms with Crippen molar-refractivity contribution < 1.29 is 9.53 Å². The molecule has 0 fully saturated rings. The Balaban J connectivity index is 1.81. The zero-order chi connectivity index (χ0) is 18.4. The molecule has 132 valence electrons. The molecule has 1 amide bonds. The number of nitrogens with one attached hydrogen (secondary N) is 1. The molecule has 1 atom stereocenters. The van der Waals surface area contributed by atoms with Crippen molar-refractivity contribution in [1.82, 2.24) is 4.57 Å². The molecule has 5 heteroatoms. The Morgan fingerprint density at radius 2 is 2.08 bits per heavy atom. The number of anilines is 1. The van der Waals surface area contributed by atoms with Crippen molar-refractivity contribution in [3.8, 4) is 5.75 Å². The van der Waals surface area contributed by atoms with Crippen LogP contribution in [0, 0.1) is 6.92 Å². The highest BCUT2D eigenvalue weighted by molar-refractivity contribution is 6.06. The van der Waals surface area contributed by atoms with Gasteiger partial charge in [-0.15, -0.1) is 0 Å². The molecule has 0 bridgehead atoms. The van der Waals surface area contributed by atoms with Gasteiger partial charge in [0.25, 0.3) is 5.91 Å². The highest BCUT2D eigenvalue weighted by Gasteiger charge is 2.24. The molecule has 2 heterocycles. The predicted octanol–water partition coefficient (Wildman–Crippen LogP) is 3.69. The zero-order valence-corrected chi connectivity index (χ0v) is 15.0. The number of pyridine rings is 1. The molecule has 0 radical (unpaired) electrons. The van der Waals surface area contributed by atoms with Crippen LogP contribution in [0.3, 0.4) is 0 Å². The largest absolute Gasteiger partial charge is 0.495 e. The normalized spacial score (nSPS) is 15.3. The van der Waals surface area contributed by atoms with Crippen LogP contribution in [-0.4, -0.2) is 17.6 Å². The monoisotopic (exact) mass is 348 g/mol. The molecule has 1 aromatic heterocycles. The first-order valence-electron chi connectivity index (χ1n) is 8.62. The van der Waals surface area contributed by atoms with E-state index < -0.39 is 5.91 Å². The smallest absolute Gasteiger partial charge is 0.261 e. The highest BCUT2D eigenvalue weighted by atomic mass is 16.5. The lowest BCUT2D eigenvalue weighted by atomic mass is 10.1. The maximum atomic E-state index is 12.9. The van der Waals surface area contributed by atoms with E-state index in [9.17, 15) is 9.59 Å². The number of benzene rings is 2. The molecule has 1 aliphatic heterocycles. The van der Waals surface area contributed by atoms with Crippen LogP contribution in [0.4, 0.5) is 5.69 Å². The minimum absolute atomic E-state index is 0.145. The van der Waals surface area contributed by atoms with E-state index in [0.717, 1.165) is 23.1 Å². The quantitative estimate of drug-likeness (QED) is 0.785. The van der Waals surface area contributed by atoms with Crippen molar-refractivity contribution in [3.05, 3.63) is 69.5 Å². The van der Waals surface area contributed by atoms with Crippen LogP contribution in [-0.2, 0) is 6.42 Å². The van der Waals surface area contributed by atoms with Gasteiger partial charge >= 0.3 is 0 Å². The molecule has 0 saturated heterocycles. The number of carbonyl (C=O) groups excluding carboxylic acids is 1. The van der Waals surface area contributed by atoms with Crippen molar-refractivity contribution in [1.29, 1.82) is 0 Å². The molecule has 26 heavy (non-hydrogen) atoms. The van der Waals surface area contributed by atoms with Crippen LogP contribution in [0.2, 0.25) is 0 Å². The number of hydrogen-bond donors (Lipinski definition) is 1. The van der Waals surface area contributed by atoms with E-state index in [2.05, 4.69) is 12.2 Å². The fourth-order valence-electron chi connectivity index (χ4n) is 3.69. The minimum atomic E-state index is -0.422. The van der Waals surface area contributed by atoms with Crippen LogP contribution in [0.5, 0.6) is 5.75 Å². The van der Waals surface area contributed by atoms with Crippen molar-refractivity contribution in [2.45, 2.75) is 26.3 Å². The number of carbonyl (C=O) groups is 1. The Hall–Kier alpha value is -3.08. The number of nitrogens with zero attached hydrogens (tertiary/aromatic N) is 1. The molecule has 0 spiro atoms. The van der Waals surface area contributed by atoms with E-state index in [0.29, 0.717) is 16.8 Å². The summed E-state index contributed by atoms with van der Waals surface area (Å²) in [6.07, 6.45) is 2.55. The third-order valence-corrected chi connectivity index (χ3v) is 4.97. The SMILES string of the molecule is COc1ccc(C)cc1NC(=O)c1cn2c3c(cccc3c1=O)C[C@H]2C. The Bertz CT molecular complexity index is 1100. The standard InChI is InChI=1S/C21H20N2O3/c1-12-7-8-18(26-3)17(9-12)22-21(25)16-11-23-13(2)10-14-5-4-6-15(19(14)23)20(16)24/h4-9,11,13H,10H2,1-3H3,(H,22,25)/t13-/m1/s1. The topological polar surface area (TPSA) is 60.3 Å². The summed E-state index contributed by atoms with van der Waals surface area (Å²) < 4.78 is 7.35. The van der Waals surface area contributed by atoms with E-state index >= 15 is 0 Å². The van der Waals surface area contributed by atoms with Crippen molar-refractivity contribution in [3.63, 3.8) is 0 Å². The molecule has 1 N–H and O–H groups in total. The molecule has 4 rings (SSSR count). The number of ether oxygens (including phenoxy) is 1. The average molecular weight is 348 g/mol. The number of hydrogen-bond acceptors (Lipinski definition) is 3. The van der Waals surface area contributed by atoms with E-state index in [1.54, 1.807) is 25.4 Å². The van der Waals surface area contributed by atoms with Gasteiger partial charge < -0.3 is 14.6 Å². The molecule has 3 aromatic rings. The van der Waals surface area contributed by atoms with Gasteiger partial charge in [-0.25, -0.2) is 0 Å². The summed E-state index contributed by atoms with van der Waals surface area (Å²) in [5.41, 5.74) is 3.55. The fraction of sp³-hybridized carbons (Fsp3) is 0.238. The van der Waals surface area contributed by atoms with E-state index in [-0.39, 0.29) is 17.0 Å². The summed E-state index contributed by atoms with van der Waals surface area (Å²) in [5, 5.41) is 3.42. The number of aromatic nitrogens is 1.